The number of aromatic nitrogens is 1. The topological polar surface area (TPSA) is 34.6 Å². The van der Waals surface area contributed by atoms with Crippen molar-refractivity contribution in [1.82, 2.24) is 4.98 Å². The molecule has 1 aliphatic rings. The molecule has 3 nitrogen and oxygen atoms in total. The Labute approximate surface area is 89.1 Å². The lowest BCUT2D eigenvalue weighted by Crippen LogP contribution is -2.04. The average Bonchev–Trinajstić information content (AvgIpc) is 2.91. The third-order valence-corrected chi connectivity index (χ3v) is 2.74. The molecule has 5 heteroatoms. The predicted octanol–water partition coefficient (Wildman–Crippen LogP) is 2.28. The molecule has 13 heavy (non-hydrogen) atoms. The molecule has 1 aromatic rings. The van der Waals surface area contributed by atoms with Crippen LogP contribution in [0.25, 0.3) is 0 Å². The lowest BCUT2D eigenvalue weighted by molar-refractivity contribution is 0.262. The van der Waals surface area contributed by atoms with Gasteiger partial charge in [-0.1, -0.05) is 11.6 Å². The fourth-order valence-corrected chi connectivity index (χ4v) is 1.27. The molecule has 1 saturated heterocycles. The van der Waals surface area contributed by atoms with Crippen molar-refractivity contribution in [3.63, 3.8) is 0 Å². The first-order valence-electron chi connectivity index (χ1n) is 3.81. The van der Waals surface area contributed by atoms with Crippen LogP contribution in [0.4, 0.5) is 0 Å². The summed E-state index contributed by atoms with van der Waals surface area (Å²) in [6.07, 6.45) is 1.85. The molecule has 1 aliphatic heterocycles. The van der Waals surface area contributed by atoms with E-state index < -0.39 is 0 Å². The van der Waals surface area contributed by atoms with Crippen LogP contribution in [0, 0.1) is 0 Å². The van der Waals surface area contributed by atoms with Gasteiger partial charge in [0.25, 0.3) is 0 Å². The zero-order valence-electron chi connectivity index (χ0n) is 6.67. The van der Waals surface area contributed by atoms with Crippen LogP contribution in [0.2, 0.25) is 5.15 Å². The van der Waals surface area contributed by atoms with Crippen LogP contribution in [-0.2, 0) is 4.74 Å². The van der Waals surface area contributed by atoms with E-state index in [0.717, 1.165) is 11.1 Å². The largest absolute Gasteiger partial charge is 0.489 e. The first-order chi connectivity index (χ1) is 6.25. The predicted molar refractivity (Wildman–Crippen MR) is 52.2 cm³/mol. The highest BCUT2D eigenvalue weighted by molar-refractivity contribution is 9.10. The first kappa shape index (κ1) is 9.24. The van der Waals surface area contributed by atoms with Crippen molar-refractivity contribution in [3.8, 4) is 5.75 Å². The Morgan fingerprint density at radius 3 is 3.15 bits per heavy atom. The van der Waals surface area contributed by atoms with Gasteiger partial charge in [-0.25, -0.2) is 4.98 Å². The maximum Gasteiger partial charge on any atom is 0.143 e. The van der Waals surface area contributed by atoms with Gasteiger partial charge in [0, 0.05) is 0 Å². The average molecular weight is 265 g/mol. The molecule has 1 fully saturated rings. The van der Waals surface area contributed by atoms with Crippen LogP contribution in [0.15, 0.2) is 16.7 Å². The Hall–Kier alpha value is -0.320. The molecule has 70 valence electrons. The van der Waals surface area contributed by atoms with E-state index in [1.54, 1.807) is 12.3 Å². The van der Waals surface area contributed by atoms with E-state index in [4.69, 9.17) is 21.1 Å². The van der Waals surface area contributed by atoms with E-state index in [-0.39, 0.29) is 6.10 Å². The minimum atomic E-state index is 0.259. The van der Waals surface area contributed by atoms with Crippen LogP contribution in [0.3, 0.4) is 0 Å². The van der Waals surface area contributed by atoms with Crippen LogP contribution in [-0.4, -0.2) is 24.3 Å². The Bertz CT molecular complexity index is 317. The van der Waals surface area contributed by atoms with Crippen molar-refractivity contribution in [2.75, 3.05) is 13.2 Å². The van der Waals surface area contributed by atoms with Gasteiger partial charge in [0.1, 0.15) is 23.6 Å². The molecule has 1 aromatic heterocycles. The molecule has 2 heterocycles. The van der Waals surface area contributed by atoms with E-state index >= 15 is 0 Å². The van der Waals surface area contributed by atoms with Crippen LogP contribution in [0.5, 0.6) is 5.75 Å². The van der Waals surface area contributed by atoms with E-state index in [1.807, 2.05) is 0 Å². The number of pyridine rings is 1. The van der Waals surface area contributed by atoms with E-state index in [2.05, 4.69) is 20.9 Å². The van der Waals surface area contributed by atoms with Gasteiger partial charge in [0.05, 0.1) is 17.3 Å². The highest BCUT2D eigenvalue weighted by Crippen LogP contribution is 2.24. The van der Waals surface area contributed by atoms with Gasteiger partial charge < -0.3 is 9.47 Å². The Morgan fingerprint density at radius 2 is 2.54 bits per heavy atom. The van der Waals surface area contributed by atoms with Gasteiger partial charge in [0.2, 0.25) is 0 Å². The van der Waals surface area contributed by atoms with Gasteiger partial charge >= 0.3 is 0 Å². The van der Waals surface area contributed by atoms with Crippen molar-refractivity contribution in [2.45, 2.75) is 6.10 Å². The summed E-state index contributed by atoms with van der Waals surface area (Å²) < 4.78 is 11.1. The van der Waals surface area contributed by atoms with E-state index in [9.17, 15) is 0 Å². The molecule has 1 atom stereocenters. The molecular formula is C8H7BrClNO2. The summed E-state index contributed by atoms with van der Waals surface area (Å²) in [5.41, 5.74) is 0. The fourth-order valence-electron chi connectivity index (χ4n) is 0.836. The summed E-state index contributed by atoms with van der Waals surface area (Å²) in [7, 11) is 0. The summed E-state index contributed by atoms with van der Waals surface area (Å²) in [6, 6.07) is 1.79. The highest BCUT2D eigenvalue weighted by Gasteiger charge is 2.23. The van der Waals surface area contributed by atoms with Gasteiger partial charge in [-0.05, 0) is 22.0 Å². The maximum atomic E-state index is 5.72. The lowest BCUT2D eigenvalue weighted by Gasteiger charge is -2.03. The number of nitrogens with zero attached hydrogens (tertiary/aromatic N) is 1. The molecule has 0 aromatic carbocycles. The van der Waals surface area contributed by atoms with Crippen LogP contribution >= 0.6 is 27.5 Å². The second-order valence-corrected chi connectivity index (χ2v) is 3.92. The molecule has 0 saturated carbocycles. The highest BCUT2D eigenvalue weighted by atomic mass is 79.9. The summed E-state index contributed by atoms with van der Waals surface area (Å²) in [6.45, 7) is 1.37. The zero-order chi connectivity index (χ0) is 9.26. The zero-order valence-corrected chi connectivity index (χ0v) is 9.01. The van der Waals surface area contributed by atoms with Gasteiger partial charge in [-0.3, -0.25) is 0 Å². The number of halogens is 2. The van der Waals surface area contributed by atoms with Gasteiger partial charge in [-0.15, -0.1) is 0 Å². The first-order valence-corrected chi connectivity index (χ1v) is 4.98. The van der Waals surface area contributed by atoms with Crippen molar-refractivity contribution in [1.29, 1.82) is 0 Å². The van der Waals surface area contributed by atoms with Crippen molar-refractivity contribution in [2.24, 2.45) is 0 Å². The number of hydrogen-bond acceptors (Lipinski definition) is 3. The fraction of sp³-hybridized carbons (Fsp3) is 0.375. The summed E-state index contributed by atoms with van der Waals surface area (Å²) >= 11 is 8.98. The van der Waals surface area contributed by atoms with Crippen molar-refractivity contribution in [3.05, 3.63) is 21.9 Å². The molecular weight excluding hydrogens is 257 g/mol. The molecule has 0 amide bonds. The second-order valence-electron chi connectivity index (χ2n) is 2.71. The summed E-state index contributed by atoms with van der Waals surface area (Å²) in [4.78, 5) is 3.93. The molecule has 0 radical (unpaired) electrons. The Kier molecular flexibility index (Phi) is 2.71. The number of ether oxygens (including phenoxy) is 2. The van der Waals surface area contributed by atoms with E-state index in [0.29, 0.717) is 17.5 Å². The maximum absolute atomic E-state index is 5.72. The van der Waals surface area contributed by atoms with E-state index in [1.165, 1.54) is 0 Å². The Morgan fingerprint density at radius 1 is 1.77 bits per heavy atom. The minimum Gasteiger partial charge on any atom is -0.489 e. The van der Waals surface area contributed by atoms with Crippen LogP contribution in [0.1, 0.15) is 0 Å². The smallest absolute Gasteiger partial charge is 0.143 e. The third kappa shape index (κ3) is 2.56. The number of hydrogen-bond donors (Lipinski definition) is 0. The molecule has 1 unspecified atom stereocenters. The number of rotatable bonds is 3. The SMILES string of the molecule is Clc1ncc(OCC2CO2)cc1Br. The molecule has 2 rings (SSSR count). The quantitative estimate of drug-likeness (QED) is 0.620. The summed E-state index contributed by atoms with van der Waals surface area (Å²) in [5.74, 6) is 0.701. The standard InChI is InChI=1S/C8H7BrClNO2/c9-7-1-5(2-11-8(7)10)12-3-6-4-13-6/h1-2,6H,3-4H2. The second kappa shape index (κ2) is 3.82. The minimum absolute atomic E-state index is 0.259. The molecule has 0 bridgehead atoms. The molecule has 0 aliphatic carbocycles. The third-order valence-electron chi connectivity index (χ3n) is 1.61. The van der Waals surface area contributed by atoms with Crippen LogP contribution < -0.4 is 4.74 Å². The monoisotopic (exact) mass is 263 g/mol. The lowest BCUT2D eigenvalue weighted by atomic mass is 10.4. The van der Waals surface area contributed by atoms with Crippen molar-refractivity contribution < 1.29 is 9.47 Å². The van der Waals surface area contributed by atoms with Gasteiger partial charge in [0.15, 0.2) is 0 Å². The molecule has 0 N–H and O–H groups in total. The normalized spacial score (nSPS) is 20.0. The molecule has 0 spiro atoms. The summed E-state index contributed by atoms with van der Waals surface area (Å²) in [5, 5.41) is 0.440. The van der Waals surface area contributed by atoms with Gasteiger partial charge in [-0.2, -0.15) is 0 Å². The number of epoxide rings is 1. The Balaban J connectivity index is 1.98. The van der Waals surface area contributed by atoms with Crippen molar-refractivity contribution >= 4 is 27.5 Å².